The standard InChI is InChI=1S/C20H22NO3/c22-20(24-15-17-4-2-1-3-5-17)9-7-16-6-8-19(21-14-16)18-10-12-23-13-11-18/h1-6,8-9,14,18H,7,10-13,15H2. The van der Waals surface area contributed by atoms with E-state index in [-0.39, 0.29) is 5.97 Å². The second-order valence-corrected chi connectivity index (χ2v) is 5.98. The molecule has 0 bridgehead atoms. The summed E-state index contributed by atoms with van der Waals surface area (Å²) >= 11 is 0. The normalized spacial score (nSPS) is 15.2. The number of benzene rings is 1. The molecule has 1 fully saturated rings. The number of carbonyl (C=O) groups is 1. The van der Waals surface area contributed by atoms with Gasteiger partial charge in [0.2, 0.25) is 0 Å². The zero-order valence-electron chi connectivity index (χ0n) is 13.7. The van der Waals surface area contributed by atoms with Crippen molar-refractivity contribution in [2.45, 2.75) is 31.8 Å². The number of aromatic nitrogens is 1. The minimum absolute atomic E-state index is 0.299. The van der Waals surface area contributed by atoms with E-state index in [1.165, 1.54) is 0 Å². The number of pyridine rings is 1. The fraction of sp³-hybridized carbons (Fsp3) is 0.350. The molecule has 1 aliphatic heterocycles. The molecular weight excluding hydrogens is 302 g/mol. The van der Waals surface area contributed by atoms with Crippen molar-refractivity contribution in [3.63, 3.8) is 0 Å². The Bertz CT molecular complexity index is 634. The fourth-order valence-corrected chi connectivity index (χ4v) is 2.78. The number of carbonyl (C=O) groups excluding carboxylic acids is 1. The van der Waals surface area contributed by atoms with E-state index in [9.17, 15) is 4.79 Å². The Balaban J connectivity index is 1.43. The van der Waals surface area contributed by atoms with Crippen LogP contribution in [0.25, 0.3) is 0 Å². The molecule has 0 N–H and O–H groups in total. The predicted octanol–water partition coefficient (Wildman–Crippen LogP) is 3.47. The van der Waals surface area contributed by atoms with Gasteiger partial charge >= 0.3 is 5.97 Å². The first kappa shape index (κ1) is 16.7. The average molecular weight is 324 g/mol. The molecule has 4 nitrogen and oxygen atoms in total. The molecule has 3 rings (SSSR count). The lowest BCUT2D eigenvalue weighted by molar-refractivity contribution is -0.140. The summed E-state index contributed by atoms with van der Waals surface area (Å²) in [4.78, 5) is 16.3. The van der Waals surface area contributed by atoms with Crippen molar-refractivity contribution < 1.29 is 14.3 Å². The summed E-state index contributed by atoms with van der Waals surface area (Å²) in [6.45, 7) is 1.93. The van der Waals surface area contributed by atoms with Crippen molar-refractivity contribution >= 4 is 5.97 Å². The van der Waals surface area contributed by atoms with E-state index in [1.54, 1.807) is 6.42 Å². The molecule has 1 saturated heterocycles. The van der Waals surface area contributed by atoms with E-state index in [0.29, 0.717) is 18.9 Å². The van der Waals surface area contributed by atoms with Crippen LogP contribution >= 0.6 is 0 Å². The predicted molar refractivity (Wildman–Crippen MR) is 91.3 cm³/mol. The third-order valence-corrected chi connectivity index (χ3v) is 4.22. The highest BCUT2D eigenvalue weighted by Gasteiger charge is 2.16. The molecule has 0 amide bonds. The molecule has 0 unspecified atom stereocenters. The van der Waals surface area contributed by atoms with Gasteiger partial charge in [0.15, 0.2) is 0 Å². The number of esters is 1. The Morgan fingerprint density at radius 2 is 1.92 bits per heavy atom. The van der Waals surface area contributed by atoms with Gasteiger partial charge in [-0.1, -0.05) is 36.4 Å². The topological polar surface area (TPSA) is 48.4 Å². The number of hydrogen-bond donors (Lipinski definition) is 0. The van der Waals surface area contributed by atoms with Crippen LogP contribution < -0.4 is 0 Å². The van der Waals surface area contributed by atoms with Gasteiger partial charge in [-0.3, -0.25) is 9.78 Å². The smallest absolute Gasteiger partial charge is 0.310 e. The SMILES string of the molecule is O=C([CH]Cc1ccc(C2CCOCC2)nc1)OCc1ccccc1. The van der Waals surface area contributed by atoms with E-state index in [1.807, 2.05) is 42.6 Å². The molecule has 1 aromatic heterocycles. The van der Waals surface area contributed by atoms with Crippen LogP contribution in [0.3, 0.4) is 0 Å². The molecule has 2 heterocycles. The highest BCUT2D eigenvalue weighted by atomic mass is 16.5. The number of ether oxygens (including phenoxy) is 2. The molecule has 125 valence electrons. The molecule has 0 atom stereocenters. The third-order valence-electron chi connectivity index (χ3n) is 4.22. The summed E-state index contributed by atoms with van der Waals surface area (Å²) in [5.74, 6) is 0.194. The minimum Gasteiger partial charge on any atom is -0.461 e. The molecule has 4 heteroatoms. The summed E-state index contributed by atoms with van der Waals surface area (Å²) in [7, 11) is 0. The van der Waals surface area contributed by atoms with Crippen LogP contribution in [-0.4, -0.2) is 24.2 Å². The lowest BCUT2D eigenvalue weighted by atomic mass is 9.95. The van der Waals surface area contributed by atoms with Crippen molar-refractivity contribution in [1.82, 2.24) is 4.98 Å². The van der Waals surface area contributed by atoms with Crippen LogP contribution in [0.4, 0.5) is 0 Å². The molecule has 1 radical (unpaired) electrons. The van der Waals surface area contributed by atoms with Crippen LogP contribution in [0.15, 0.2) is 48.7 Å². The van der Waals surface area contributed by atoms with E-state index in [0.717, 1.165) is 42.9 Å². The van der Waals surface area contributed by atoms with Gasteiger partial charge in [0, 0.05) is 31.0 Å². The van der Waals surface area contributed by atoms with E-state index in [4.69, 9.17) is 9.47 Å². The Morgan fingerprint density at radius 1 is 1.12 bits per heavy atom. The second-order valence-electron chi connectivity index (χ2n) is 5.98. The molecule has 0 spiro atoms. The lowest BCUT2D eigenvalue weighted by Gasteiger charge is -2.21. The first-order valence-electron chi connectivity index (χ1n) is 8.38. The minimum atomic E-state index is -0.299. The number of rotatable bonds is 6. The molecule has 24 heavy (non-hydrogen) atoms. The van der Waals surface area contributed by atoms with Crippen LogP contribution in [-0.2, 0) is 27.3 Å². The zero-order chi connectivity index (χ0) is 16.6. The maximum atomic E-state index is 11.8. The quantitative estimate of drug-likeness (QED) is 0.764. The molecular formula is C20H22NO3. The van der Waals surface area contributed by atoms with Gasteiger partial charge in [-0.2, -0.15) is 0 Å². The molecule has 1 aromatic carbocycles. The van der Waals surface area contributed by atoms with Gasteiger partial charge in [-0.05, 0) is 36.5 Å². The summed E-state index contributed by atoms with van der Waals surface area (Å²) < 4.78 is 10.6. The van der Waals surface area contributed by atoms with Crippen molar-refractivity contribution in [2.75, 3.05) is 13.2 Å². The number of nitrogens with zero attached hydrogens (tertiary/aromatic N) is 1. The molecule has 1 aliphatic rings. The molecule has 0 saturated carbocycles. The molecule has 2 aromatic rings. The third kappa shape index (κ3) is 4.90. The Kier molecular flexibility index (Phi) is 5.96. The largest absolute Gasteiger partial charge is 0.461 e. The highest BCUT2D eigenvalue weighted by molar-refractivity contribution is 5.79. The van der Waals surface area contributed by atoms with Gasteiger partial charge in [-0.15, -0.1) is 0 Å². The average Bonchev–Trinajstić information content (AvgIpc) is 2.67. The van der Waals surface area contributed by atoms with Crippen LogP contribution in [0, 0.1) is 6.42 Å². The summed E-state index contributed by atoms with van der Waals surface area (Å²) in [5, 5.41) is 0. The molecule has 0 aliphatic carbocycles. The van der Waals surface area contributed by atoms with Crippen LogP contribution in [0.5, 0.6) is 0 Å². The second kappa shape index (κ2) is 8.60. The first-order chi connectivity index (χ1) is 11.8. The fourth-order valence-electron chi connectivity index (χ4n) is 2.78. The van der Waals surface area contributed by atoms with Gasteiger partial charge in [-0.25, -0.2) is 0 Å². The monoisotopic (exact) mass is 324 g/mol. The van der Waals surface area contributed by atoms with Crippen LogP contribution in [0.2, 0.25) is 0 Å². The maximum Gasteiger partial charge on any atom is 0.310 e. The van der Waals surface area contributed by atoms with Gasteiger partial charge < -0.3 is 9.47 Å². The van der Waals surface area contributed by atoms with Crippen molar-refractivity contribution in [3.8, 4) is 0 Å². The van der Waals surface area contributed by atoms with E-state index >= 15 is 0 Å². The van der Waals surface area contributed by atoms with E-state index < -0.39 is 0 Å². The Hall–Kier alpha value is -2.20. The van der Waals surface area contributed by atoms with Crippen LogP contribution in [0.1, 0.15) is 35.6 Å². The number of hydrogen-bond acceptors (Lipinski definition) is 4. The first-order valence-corrected chi connectivity index (χ1v) is 8.38. The summed E-state index contributed by atoms with van der Waals surface area (Å²) in [5.41, 5.74) is 3.12. The van der Waals surface area contributed by atoms with Crippen molar-refractivity contribution in [1.29, 1.82) is 0 Å². The van der Waals surface area contributed by atoms with Gasteiger partial charge in [0.1, 0.15) is 6.61 Å². The van der Waals surface area contributed by atoms with Gasteiger partial charge in [0.25, 0.3) is 0 Å². The van der Waals surface area contributed by atoms with Crippen molar-refractivity contribution in [3.05, 3.63) is 71.9 Å². The maximum absolute atomic E-state index is 11.8. The Morgan fingerprint density at radius 3 is 2.62 bits per heavy atom. The van der Waals surface area contributed by atoms with Gasteiger partial charge in [0.05, 0.1) is 6.42 Å². The summed E-state index contributed by atoms with van der Waals surface area (Å²) in [6.07, 6.45) is 6.02. The van der Waals surface area contributed by atoms with E-state index in [2.05, 4.69) is 11.1 Å². The summed E-state index contributed by atoms with van der Waals surface area (Å²) in [6, 6.07) is 13.8. The zero-order valence-corrected chi connectivity index (χ0v) is 13.7. The Labute approximate surface area is 142 Å². The lowest BCUT2D eigenvalue weighted by Crippen LogP contribution is -2.15. The highest BCUT2D eigenvalue weighted by Crippen LogP contribution is 2.25. The van der Waals surface area contributed by atoms with Crippen molar-refractivity contribution in [2.24, 2.45) is 0 Å².